The maximum Gasteiger partial charge on any atom is 0.161 e. The summed E-state index contributed by atoms with van der Waals surface area (Å²) in [7, 11) is 0. The van der Waals surface area contributed by atoms with E-state index in [-0.39, 0.29) is 10.8 Å². The molecular weight excluding hydrogens is 376 g/mol. The average molecular weight is 423 g/mol. The lowest BCUT2D eigenvalue weighted by Crippen LogP contribution is -2.65. The Hall–Kier alpha value is -0.850. The summed E-state index contributed by atoms with van der Waals surface area (Å²) in [5.41, 5.74) is 2.68. The topological polar surface area (TPSA) is 17.1 Å². The van der Waals surface area contributed by atoms with E-state index >= 15 is 0 Å². The summed E-state index contributed by atoms with van der Waals surface area (Å²) in [6, 6.07) is 0. The van der Waals surface area contributed by atoms with E-state index in [1.54, 1.807) is 0 Å². The number of rotatable bonds is 1. The normalized spacial score (nSPS) is 55.1. The van der Waals surface area contributed by atoms with Crippen molar-refractivity contribution in [1.82, 2.24) is 0 Å². The zero-order valence-electron chi connectivity index (χ0n) is 21.3. The molecule has 31 heavy (non-hydrogen) atoms. The Labute approximate surface area is 191 Å². The van der Waals surface area contributed by atoms with Gasteiger partial charge in [-0.3, -0.25) is 4.79 Å². The van der Waals surface area contributed by atoms with Crippen LogP contribution in [0.25, 0.3) is 0 Å². The van der Waals surface area contributed by atoms with Gasteiger partial charge < -0.3 is 0 Å². The molecule has 172 valence electrons. The molecule has 0 heterocycles. The summed E-state index contributed by atoms with van der Waals surface area (Å²) >= 11 is 0. The van der Waals surface area contributed by atoms with Crippen LogP contribution in [0.4, 0.5) is 0 Å². The second-order valence-electron chi connectivity index (χ2n) is 14.1. The van der Waals surface area contributed by atoms with E-state index in [0.29, 0.717) is 33.9 Å². The molecule has 5 aliphatic carbocycles. The Kier molecular flexibility index (Phi) is 4.52. The first-order chi connectivity index (χ1) is 14.3. The predicted octanol–water partition coefficient (Wildman–Crippen LogP) is 8.01. The van der Waals surface area contributed by atoms with Crippen molar-refractivity contribution >= 4 is 5.78 Å². The minimum absolute atomic E-state index is 0.155. The molecule has 0 spiro atoms. The number of hydrogen-bond acceptors (Lipinski definition) is 1. The van der Waals surface area contributed by atoms with Crippen LogP contribution in [0.2, 0.25) is 0 Å². The lowest BCUT2D eigenvalue weighted by Gasteiger charge is -2.71. The van der Waals surface area contributed by atoms with Crippen LogP contribution in [0.15, 0.2) is 24.3 Å². The van der Waals surface area contributed by atoms with E-state index in [2.05, 4.69) is 61.1 Å². The molecule has 4 saturated carbocycles. The zero-order chi connectivity index (χ0) is 22.6. The van der Waals surface area contributed by atoms with Crippen molar-refractivity contribution in [3.8, 4) is 0 Å². The molecule has 0 radical (unpaired) electrons. The third kappa shape index (κ3) is 2.53. The Balaban J connectivity index is 1.57. The Bertz CT molecular complexity index is 848. The number of hydrogen-bond donors (Lipinski definition) is 0. The average Bonchev–Trinajstić information content (AvgIpc) is 3.04. The molecule has 1 nitrogen and oxygen atoms in total. The second-order valence-corrected chi connectivity index (χ2v) is 14.1. The van der Waals surface area contributed by atoms with Crippen LogP contribution in [-0.2, 0) is 4.79 Å². The monoisotopic (exact) mass is 422 g/mol. The van der Waals surface area contributed by atoms with E-state index in [4.69, 9.17) is 0 Å². The van der Waals surface area contributed by atoms with Gasteiger partial charge in [0.2, 0.25) is 0 Å². The molecule has 1 heteroatoms. The van der Waals surface area contributed by atoms with Crippen molar-refractivity contribution in [1.29, 1.82) is 0 Å². The highest BCUT2D eigenvalue weighted by atomic mass is 16.1. The van der Waals surface area contributed by atoms with Crippen LogP contribution in [0, 0.1) is 56.7 Å². The third-order valence-electron chi connectivity index (χ3n) is 12.8. The van der Waals surface area contributed by atoms with E-state index in [1.807, 2.05) is 6.08 Å². The molecule has 0 aromatic carbocycles. The lowest BCUT2D eigenvalue weighted by molar-refractivity contribution is -0.216. The van der Waals surface area contributed by atoms with Crippen LogP contribution in [0.1, 0.15) is 99.8 Å². The predicted molar refractivity (Wildman–Crippen MR) is 130 cm³/mol. The SMILES string of the molecule is C=C(C)[C@H]1CC[C@]2(C)CC[C@]3(C)[C@H](CC[C@H]4[C@@]5(C)C=CC(=O)C(C)(C)[C@@H]5CC[C@]43C)[C@H]12. The molecule has 0 aromatic heterocycles. The van der Waals surface area contributed by atoms with Crippen LogP contribution in [-0.4, -0.2) is 5.78 Å². The standard InChI is InChI=1S/C30H46O/c1-19(2)20-11-14-27(5)17-18-29(7)21(25(20)27)9-10-23-28(6)15-13-24(31)26(3,4)22(28)12-16-30(23,29)8/h13,15,20-23,25H,1,9-12,14,16-18H2,2-8H3/t20-,21-,22+,23+,25+,27-,28+,29-,30-/m1/s1. The van der Waals surface area contributed by atoms with Gasteiger partial charge in [0.05, 0.1) is 0 Å². The molecule has 0 amide bonds. The van der Waals surface area contributed by atoms with Crippen LogP contribution < -0.4 is 0 Å². The van der Waals surface area contributed by atoms with Gasteiger partial charge in [-0.25, -0.2) is 0 Å². The number of ketones is 1. The summed E-state index contributed by atoms with van der Waals surface area (Å²) in [5.74, 6) is 3.91. The molecule has 4 fully saturated rings. The first kappa shape index (κ1) is 22.0. The summed E-state index contributed by atoms with van der Waals surface area (Å²) in [6.45, 7) is 21.7. The first-order valence-electron chi connectivity index (χ1n) is 13.2. The molecular formula is C30H46O. The number of allylic oxidation sites excluding steroid dienone is 3. The van der Waals surface area contributed by atoms with E-state index in [0.717, 1.165) is 17.8 Å². The number of carbonyl (C=O) groups is 1. The Morgan fingerprint density at radius 2 is 1.58 bits per heavy atom. The van der Waals surface area contributed by atoms with Gasteiger partial charge in [-0.05, 0) is 116 Å². The van der Waals surface area contributed by atoms with Gasteiger partial charge in [0.1, 0.15) is 0 Å². The molecule has 0 aromatic rings. The number of carbonyl (C=O) groups excluding carboxylic acids is 1. The van der Waals surface area contributed by atoms with Gasteiger partial charge in [0, 0.05) is 5.41 Å². The maximum absolute atomic E-state index is 12.8. The molecule has 5 rings (SSSR count). The Morgan fingerprint density at radius 1 is 0.871 bits per heavy atom. The zero-order valence-corrected chi connectivity index (χ0v) is 21.3. The summed E-state index contributed by atoms with van der Waals surface area (Å²) in [4.78, 5) is 12.8. The quantitative estimate of drug-likeness (QED) is 0.391. The fourth-order valence-corrected chi connectivity index (χ4v) is 10.8. The van der Waals surface area contributed by atoms with Crippen molar-refractivity contribution in [3.63, 3.8) is 0 Å². The fourth-order valence-electron chi connectivity index (χ4n) is 10.8. The van der Waals surface area contributed by atoms with Crippen LogP contribution >= 0.6 is 0 Å². The minimum Gasteiger partial charge on any atom is -0.294 e. The number of fused-ring (bicyclic) bond motifs is 7. The van der Waals surface area contributed by atoms with Gasteiger partial charge in [0.25, 0.3) is 0 Å². The fraction of sp³-hybridized carbons (Fsp3) is 0.833. The van der Waals surface area contributed by atoms with E-state index in [1.165, 1.54) is 56.9 Å². The van der Waals surface area contributed by atoms with Crippen molar-refractivity contribution < 1.29 is 4.79 Å². The first-order valence-corrected chi connectivity index (χ1v) is 13.2. The minimum atomic E-state index is -0.218. The smallest absolute Gasteiger partial charge is 0.161 e. The molecule has 0 N–H and O–H groups in total. The van der Waals surface area contributed by atoms with Gasteiger partial charge in [-0.15, -0.1) is 0 Å². The van der Waals surface area contributed by atoms with Crippen LogP contribution in [0.3, 0.4) is 0 Å². The molecule has 0 aliphatic heterocycles. The van der Waals surface area contributed by atoms with Gasteiger partial charge >= 0.3 is 0 Å². The highest BCUT2D eigenvalue weighted by Crippen LogP contribution is 2.76. The lowest BCUT2D eigenvalue weighted by atomic mass is 9.33. The third-order valence-corrected chi connectivity index (χ3v) is 12.8. The highest BCUT2D eigenvalue weighted by molar-refractivity contribution is 5.95. The molecule has 0 saturated heterocycles. The molecule has 9 atom stereocenters. The van der Waals surface area contributed by atoms with Gasteiger partial charge in [0.15, 0.2) is 5.78 Å². The van der Waals surface area contributed by atoms with E-state index < -0.39 is 0 Å². The van der Waals surface area contributed by atoms with Crippen molar-refractivity contribution in [2.45, 2.75) is 99.8 Å². The van der Waals surface area contributed by atoms with Gasteiger partial charge in [-0.2, -0.15) is 0 Å². The van der Waals surface area contributed by atoms with Gasteiger partial charge in [-0.1, -0.05) is 59.8 Å². The molecule has 5 aliphatic rings. The van der Waals surface area contributed by atoms with Crippen molar-refractivity contribution in [2.24, 2.45) is 56.7 Å². The van der Waals surface area contributed by atoms with Crippen molar-refractivity contribution in [3.05, 3.63) is 24.3 Å². The largest absolute Gasteiger partial charge is 0.294 e. The maximum atomic E-state index is 12.8. The molecule has 0 bridgehead atoms. The second kappa shape index (κ2) is 6.38. The summed E-state index contributed by atoms with van der Waals surface area (Å²) in [6.07, 6.45) is 15.1. The molecule has 0 unspecified atom stereocenters. The Morgan fingerprint density at radius 3 is 2.26 bits per heavy atom. The summed E-state index contributed by atoms with van der Waals surface area (Å²) < 4.78 is 0. The highest BCUT2D eigenvalue weighted by Gasteiger charge is 2.69. The van der Waals surface area contributed by atoms with Crippen LogP contribution in [0.5, 0.6) is 0 Å². The summed E-state index contributed by atoms with van der Waals surface area (Å²) in [5, 5.41) is 0. The van der Waals surface area contributed by atoms with E-state index in [9.17, 15) is 4.79 Å². The van der Waals surface area contributed by atoms with Crippen molar-refractivity contribution in [2.75, 3.05) is 0 Å².